The lowest BCUT2D eigenvalue weighted by molar-refractivity contribution is 0.469. The fourth-order valence-corrected chi connectivity index (χ4v) is 7.84. The Balaban J connectivity index is 1.40. The van der Waals surface area contributed by atoms with Crippen molar-refractivity contribution in [3.8, 4) is 0 Å². The Bertz CT molecular complexity index is 1830. The van der Waals surface area contributed by atoms with Crippen molar-refractivity contribution in [1.29, 1.82) is 0 Å². The van der Waals surface area contributed by atoms with E-state index in [9.17, 15) is 21.2 Å². The van der Waals surface area contributed by atoms with Crippen LogP contribution in [0.5, 0.6) is 0 Å². The number of rotatable bonds is 7. The number of hydrogen-bond acceptors (Lipinski definition) is 9. The van der Waals surface area contributed by atoms with Crippen LogP contribution in [0.3, 0.4) is 0 Å². The quantitative estimate of drug-likeness (QED) is 0.301. The largest absolute Gasteiger partial charge is 0.348 e. The van der Waals surface area contributed by atoms with Crippen LogP contribution < -0.4 is 9.80 Å². The highest BCUT2D eigenvalue weighted by atomic mass is 35.5. The molecule has 1 saturated heterocycles. The summed E-state index contributed by atoms with van der Waals surface area (Å²) in [4.78, 5) is 12.4. The van der Waals surface area contributed by atoms with Crippen LogP contribution in [-0.2, 0) is 19.9 Å². The van der Waals surface area contributed by atoms with E-state index in [-0.39, 0.29) is 15.8 Å². The fourth-order valence-electron chi connectivity index (χ4n) is 5.25. The average Bonchev–Trinajstić information content (AvgIpc) is 3.73. The van der Waals surface area contributed by atoms with Gasteiger partial charge in [0, 0.05) is 19.6 Å². The van der Waals surface area contributed by atoms with Crippen molar-refractivity contribution in [2.24, 2.45) is 5.92 Å². The first-order valence-corrected chi connectivity index (χ1v) is 16.6. The van der Waals surface area contributed by atoms with Gasteiger partial charge < -0.3 is 9.80 Å². The summed E-state index contributed by atoms with van der Waals surface area (Å²) >= 11 is 6.67. The van der Waals surface area contributed by atoms with Gasteiger partial charge in [-0.05, 0) is 69.0 Å². The molecule has 2 aliphatic rings. The zero-order chi connectivity index (χ0) is 29.1. The van der Waals surface area contributed by atoms with Gasteiger partial charge in [-0.1, -0.05) is 17.7 Å². The molecule has 1 saturated carbocycles. The lowest BCUT2D eigenvalue weighted by Crippen LogP contribution is -2.55. The van der Waals surface area contributed by atoms with Crippen molar-refractivity contribution in [3.63, 3.8) is 0 Å². The van der Waals surface area contributed by atoms with E-state index in [1.54, 1.807) is 32.0 Å². The highest BCUT2D eigenvalue weighted by Crippen LogP contribution is 2.42. The van der Waals surface area contributed by atoms with Crippen molar-refractivity contribution >= 4 is 54.1 Å². The van der Waals surface area contributed by atoms with E-state index in [4.69, 9.17) is 11.6 Å². The first-order valence-electron chi connectivity index (χ1n) is 13.2. The standard InChI is InChI=1S/C27H28ClFN6O4S2/c1-17(2)40(36,37)20-8-10-21(11-9-20)41(38,39)35-23-5-3-4-22(28)25(23)26(32-35)34-13-12-33(16-24(34)18-6-7-18)27-30-14-19(29)15-31-27/h3-5,8-11,14-15,17-18,24H,6-7,12-13,16H2,1-2H3. The summed E-state index contributed by atoms with van der Waals surface area (Å²) in [5.74, 6) is 0.767. The normalized spacial score (nSPS) is 18.4. The van der Waals surface area contributed by atoms with Crippen LogP contribution in [-0.4, -0.2) is 66.9 Å². The van der Waals surface area contributed by atoms with Gasteiger partial charge in [0.05, 0.1) is 49.4 Å². The molecule has 6 rings (SSSR count). The number of fused-ring (bicyclic) bond motifs is 1. The molecule has 2 aromatic heterocycles. The predicted molar refractivity (Wildman–Crippen MR) is 154 cm³/mol. The maximum absolute atomic E-state index is 13.9. The second-order valence-corrected chi connectivity index (χ2v) is 15.3. The van der Waals surface area contributed by atoms with E-state index in [0.29, 0.717) is 53.2 Å². The molecule has 3 heterocycles. The molecule has 1 atom stereocenters. The van der Waals surface area contributed by atoms with E-state index < -0.39 is 30.9 Å². The van der Waals surface area contributed by atoms with Crippen molar-refractivity contribution in [3.05, 3.63) is 65.7 Å². The van der Waals surface area contributed by atoms with Gasteiger partial charge in [-0.25, -0.2) is 22.8 Å². The first-order chi connectivity index (χ1) is 19.5. The molecule has 2 fully saturated rings. The molecule has 216 valence electrons. The number of piperazine rings is 1. The van der Waals surface area contributed by atoms with Gasteiger partial charge in [0.15, 0.2) is 21.5 Å². The molecule has 0 N–H and O–H groups in total. The zero-order valence-corrected chi connectivity index (χ0v) is 24.7. The SMILES string of the molecule is CC(C)S(=O)(=O)c1ccc(S(=O)(=O)n2nc(N3CCN(c4ncc(F)cn4)CC3C3CC3)c3c(Cl)cccc32)cc1. The van der Waals surface area contributed by atoms with E-state index in [1.807, 2.05) is 4.90 Å². The van der Waals surface area contributed by atoms with Crippen LogP contribution in [0, 0.1) is 11.7 Å². The molecule has 10 nitrogen and oxygen atoms in total. The Morgan fingerprint density at radius 2 is 1.61 bits per heavy atom. The summed E-state index contributed by atoms with van der Waals surface area (Å²) in [7, 11) is -7.77. The third-order valence-corrected chi connectivity index (χ3v) is 11.7. The summed E-state index contributed by atoms with van der Waals surface area (Å²) in [6.45, 7) is 4.73. The number of sulfone groups is 1. The highest BCUT2D eigenvalue weighted by Gasteiger charge is 2.41. The Hall–Kier alpha value is -3.29. The minimum atomic E-state index is -4.20. The topological polar surface area (TPSA) is 118 Å². The maximum atomic E-state index is 13.9. The van der Waals surface area contributed by atoms with Crippen molar-refractivity contribution < 1.29 is 21.2 Å². The summed E-state index contributed by atoms with van der Waals surface area (Å²) < 4.78 is 67.3. The number of halogens is 2. The summed E-state index contributed by atoms with van der Waals surface area (Å²) in [6, 6.07) is 10.2. The molecule has 1 aliphatic carbocycles. The van der Waals surface area contributed by atoms with Crippen LogP contribution in [0.4, 0.5) is 16.2 Å². The summed E-state index contributed by atoms with van der Waals surface area (Å²) in [5, 5.41) is 4.90. The predicted octanol–water partition coefficient (Wildman–Crippen LogP) is 4.14. The van der Waals surface area contributed by atoms with E-state index in [1.165, 1.54) is 24.3 Å². The number of hydrogen-bond donors (Lipinski definition) is 0. The van der Waals surface area contributed by atoms with Crippen LogP contribution >= 0.6 is 11.6 Å². The van der Waals surface area contributed by atoms with Gasteiger partial charge in [0.2, 0.25) is 5.95 Å². The van der Waals surface area contributed by atoms with E-state index in [0.717, 1.165) is 29.3 Å². The summed E-state index contributed by atoms with van der Waals surface area (Å²) in [6.07, 6.45) is 4.34. The third kappa shape index (κ3) is 4.93. The van der Waals surface area contributed by atoms with Gasteiger partial charge in [-0.15, -0.1) is 5.10 Å². The molecule has 0 amide bonds. The monoisotopic (exact) mass is 618 g/mol. The molecule has 2 aromatic carbocycles. The van der Waals surface area contributed by atoms with Gasteiger partial charge in [-0.3, -0.25) is 0 Å². The van der Waals surface area contributed by atoms with Gasteiger partial charge in [0.1, 0.15) is 0 Å². The minimum absolute atomic E-state index is 0.0107. The molecule has 4 aromatic rings. The van der Waals surface area contributed by atoms with Crippen LogP contribution in [0.2, 0.25) is 5.02 Å². The molecule has 1 unspecified atom stereocenters. The van der Waals surface area contributed by atoms with Gasteiger partial charge in [-0.2, -0.15) is 12.5 Å². The first kappa shape index (κ1) is 27.9. The average molecular weight is 619 g/mol. The Morgan fingerprint density at radius 1 is 0.951 bits per heavy atom. The van der Waals surface area contributed by atoms with Crippen LogP contribution in [0.1, 0.15) is 26.7 Å². The number of nitrogens with zero attached hydrogens (tertiary/aromatic N) is 6. The molecule has 0 bridgehead atoms. The minimum Gasteiger partial charge on any atom is -0.348 e. The van der Waals surface area contributed by atoms with E-state index >= 15 is 0 Å². The molecule has 41 heavy (non-hydrogen) atoms. The number of benzene rings is 2. The molecule has 0 spiro atoms. The lowest BCUT2D eigenvalue weighted by atomic mass is 10.1. The van der Waals surface area contributed by atoms with E-state index in [2.05, 4.69) is 20.0 Å². The van der Waals surface area contributed by atoms with Crippen molar-refractivity contribution in [1.82, 2.24) is 19.2 Å². The number of aromatic nitrogens is 4. The molecule has 1 aliphatic heterocycles. The van der Waals surface area contributed by atoms with Crippen LogP contribution in [0.15, 0.2) is 64.6 Å². The maximum Gasteiger partial charge on any atom is 0.283 e. The third-order valence-electron chi connectivity index (χ3n) is 7.65. The zero-order valence-electron chi connectivity index (χ0n) is 22.4. The van der Waals surface area contributed by atoms with Gasteiger partial charge in [0.25, 0.3) is 10.0 Å². The highest BCUT2D eigenvalue weighted by molar-refractivity contribution is 7.92. The molecular weight excluding hydrogens is 591 g/mol. The van der Waals surface area contributed by atoms with Crippen LogP contribution in [0.25, 0.3) is 10.9 Å². The summed E-state index contributed by atoms with van der Waals surface area (Å²) in [5.41, 5.74) is 0.324. The molecular formula is C27H28ClFN6O4S2. The molecule has 0 radical (unpaired) electrons. The fraction of sp³-hybridized carbons (Fsp3) is 0.370. The second-order valence-electron chi connectivity index (χ2n) is 10.6. The Morgan fingerprint density at radius 3 is 2.24 bits per heavy atom. The second kappa shape index (κ2) is 10.2. The van der Waals surface area contributed by atoms with Crippen molar-refractivity contribution in [2.75, 3.05) is 29.4 Å². The molecule has 14 heteroatoms. The smallest absolute Gasteiger partial charge is 0.283 e. The van der Waals surface area contributed by atoms with Crippen molar-refractivity contribution in [2.45, 2.75) is 47.8 Å². The Kier molecular flexibility index (Phi) is 6.94. The lowest BCUT2D eigenvalue weighted by Gasteiger charge is -2.42. The Labute approximate surface area is 242 Å². The number of anilines is 2. The van der Waals surface area contributed by atoms with Gasteiger partial charge >= 0.3 is 0 Å².